The minimum Gasteiger partial charge on any atom is -0.477 e. The fraction of sp³-hybridized carbons (Fsp3) is 0.545. The molecule has 1 aromatic rings. The van der Waals surface area contributed by atoms with Crippen molar-refractivity contribution in [3.05, 3.63) is 23.5 Å². The van der Waals surface area contributed by atoms with Crippen molar-refractivity contribution in [3.8, 4) is 0 Å². The number of nitrogens with two attached hydrogens (primary N) is 2. The summed E-state index contributed by atoms with van der Waals surface area (Å²) < 4.78 is 23.4. The number of nitrogens with zero attached hydrogens (tertiary/aromatic N) is 1. The molecular weight excluding hydrogens is 306 g/mol. The minimum atomic E-state index is -4.10. The van der Waals surface area contributed by atoms with Gasteiger partial charge in [0.25, 0.3) is 0 Å². The molecule has 1 aliphatic carbocycles. The molecular formula is C11H18ClN3O4S. The highest BCUT2D eigenvalue weighted by molar-refractivity contribution is 7.87. The monoisotopic (exact) mass is 323 g/mol. The maximum Gasteiger partial charge on any atom is 0.353 e. The van der Waals surface area contributed by atoms with E-state index in [1.165, 1.54) is 12.3 Å². The largest absolute Gasteiger partial charge is 0.477 e. The van der Waals surface area contributed by atoms with Gasteiger partial charge in [-0.05, 0) is 43.2 Å². The van der Waals surface area contributed by atoms with Crippen molar-refractivity contribution < 1.29 is 18.3 Å². The highest BCUT2D eigenvalue weighted by atomic mass is 35.5. The fourth-order valence-corrected chi connectivity index (χ4v) is 3.29. The molecule has 1 aliphatic rings. The predicted octanol–water partition coefficient (Wildman–Crippen LogP) is 0.645. The number of halogens is 1. The molecule has 2 rings (SSSR count). The zero-order chi connectivity index (χ0) is 14.2. The van der Waals surface area contributed by atoms with E-state index in [1.807, 2.05) is 0 Å². The summed E-state index contributed by atoms with van der Waals surface area (Å²) in [5.74, 6) is -1.27. The van der Waals surface area contributed by atoms with Crippen molar-refractivity contribution in [1.29, 1.82) is 0 Å². The Morgan fingerprint density at radius 1 is 1.30 bits per heavy atom. The molecule has 5 N–H and O–H groups in total. The molecule has 0 radical (unpaired) electrons. The van der Waals surface area contributed by atoms with Crippen molar-refractivity contribution in [2.45, 2.75) is 37.6 Å². The Bertz CT molecular complexity index is 591. The van der Waals surface area contributed by atoms with Crippen LogP contribution in [0.1, 0.15) is 47.7 Å². The lowest BCUT2D eigenvalue weighted by molar-refractivity contribution is 0.0687. The number of carboxylic acids is 1. The Morgan fingerprint density at radius 2 is 1.85 bits per heavy atom. The van der Waals surface area contributed by atoms with Crippen LogP contribution >= 0.6 is 12.4 Å². The van der Waals surface area contributed by atoms with Crippen molar-refractivity contribution >= 4 is 28.6 Å². The van der Waals surface area contributed by atoms with Gasteiger partial charge in [-0.3, -0.25) is 0 Å². The average Bonchev–Trinajstić information content (AvgIpc) is 2.74. The van der Waals surface area contributed by atoms with Gasteiger partial charge in [0.1, 0.15) is 5.69 Å². The average molecular weight is 324 g/mol. The van der Waals surface area contributed by atoms with Crippen LogP contribution in [0, 0.1) is 0 Å². The topological polar surface area (TPSA) is 128 Å². The molecule has 0 aliphatic heterocycles. The molecule has 0 atom stereocenters. The summed E-state index contributed by atoms with van der Waals surface area (Å²) in [5.41, 5.74) is 6.07. The third-order valence-corrected chi connectivity index (χ3v) is 4.42. The minimum absolute atomic E-state index is 0. The summed E-state index contributed by atoms with van der Waals surface area (Å²) in [7, 11) is -4.10. The summed E-state index contributed by atoms with van der Waals surface area (Å²) in [6.45, 7) is 0. The van der Waals surface area contributed by atoms with Crippen molar-refractivity contribution in [1.82, 2.24) is 3.97 Å². The Balaban J connectivity index is 0.00000200. The number of rotatable bonds is 3. The van der Waals surface area contributed by atoms with Crippen LogP contribution < -0.4 is 10.9 Å². The van der Waals surface area contributed by atoms with Gasteiger partial charge >= 0.3 is 16.2 Å². The van der Waals surface area contributed by atoms with E-state index in [0.717, 1.165) is 25.7 Å². The van der Waals surface area contributed by atoms with Crippen LogP contribution in [0.15, 0.2) is 12.3 Å². The van der Waals surface area contributed by atoms with Gasteiger partial charge in [-0.1, -0.05) is 0 Å². The molecule has 1 saturated carbocycles. The second-order valence-corrected chi connectivity index (χ2v) is 6.30. The molecule has 0 bridgehead atoms. The molecule has 114 valence electrons. The zero-order valence-corrected chi connectivity index (χ0v) is 12.4. The first kappa shape index (κ1) is 17.0. The van der Waals surface area contributed by atoms with Crippen LogP contribution in [-0.2, 0) is 10.2 Å². The SMILES string of the molecule is Cl.NC1CCC(c2ccn(S(N)(=O)=O)c2C(=O)O)CC1. The standard InChI is InChI=1S/C11H17N3O4S.ClH/c12-8-3-1-7(2-4-8)9-5-6-14(19(13,17)18)10(9)11(15)16;/h5-8H,1-4,12H2,(H,15,16)(H2,13,17,18);1H. The van der Waals surface area contributed by atoms with Gasteiger partial charge in [-0.15, -0.1) is 12.4 Å². The van der Waals surface area contributed by atoms with E-state index >= 15 is 0 Å². The van der Waals surface area contributed by atoms with Gasteiger partial charge in [0.05, 0.1) is 0 Å². The summed E-state index contributed by atoms with van der Waals surface area (Å²) in [6, 6.07) is 1.67. The van der Waals surface area contributed by atoms with Crippen LogP contribution in [0.2, 0.25) is 0 Å². The summed E-state index contributed by atoms with van der Waals surface area (Å²) >= 11 is 0. The lowest BCUT2D eigenvalue weighted by Crippen LogP contribution is -2.28. The lowest BCUT2D eigenvalue weighted by Gasteiger charge is -2.26. The van der Waals surface area contributed by atoms with Gasteiger partial charge in [0.2, 0.25) is 0 Å². The second-order valence-electron chi connectivity index (χ2n) is 4.88. The molecule has 1 heterocycles. The second kappa shape index (κ2) is 6.13. The number of hydrogen-bond acceptors (Lipinski definition) is 4. The third kappa shape index (κ3) is 3.32. The van der Waals surface area contributed by atoms with Crippen LogP contribution in [0.4, 0.5) is 0 Å². The maximum absolute atomic E-state index is 11.4. The van der Waals surface area contributed by atoms with E-state index in [4.69, 9.17) is 10.9 Å². The van der Waals surface area contributed by atoms with Gasteiger partial charge < -0.3 is 10.8 Å². The van der Waals surface area contributed by atoms with Gasteiger partial charge in [0, 0.05) is 12.2 Å². The van der Waals surface area contributed by atoms with Crippen LogP contribution in [0.3, 0.4) is 0 Å². The molecule has 9 heteroatoms. The highest BCUT2D eigenvalue weighted by Gasteiger charge is 2.28. The van der Waals surface area contributed by atoms with E-state index in [9.17, 15) is 18.3 Å². The first-order chi connectivity index (χ1) is 8.80. The smallest absolute Gasteiger partial charge is 0.353 e. The Kier molecular flexibility index (Phi) is 5.20. The molecule has 7 nitrogen and oxygen atoms in total. The van der Waals surface area contributed by atoms with Crippen molar-refractivity contribution in [2.24, 2.45) is 10.9 Å². The summed E-state index contributed by atoms with van der Waals surface area (Å²) in [4.78, 5) is 11.3. The van der Waals surface area contributed by atoms with E-state index < -0.39 is 16.2 Å². The number of carbonyl (C=O) groups is 1. The molecule has 1 aromatic heterocycles. The van der Waals surface area contributed by atoms with Gasteiger partial charge in [-0.2, -0.15) is 8.42 Å². The first-order valence-corrected chi connectivity index (χ1v) is 7.54. The molecule has 0 spiro atoms. The Hall–Kier alpha value is -1.09. The molecule has 0 amide bonds. The zero-order valence-electron chi connectivity index (χ0n) is 10.7. The fourth-order valence-electron chi connectivity index (χ4n) is 2.62. The molecule has 20 heavy (non-hydrogen) atoms. The van der Waals surface area contributed by atoms with Crippen LogP contribution in [-0.4, -0.2) is 29.5 Å². The lowest BCUT2D eigenvalue weighted by atomic mass is 9.82. The van der Waals surface area contributed by atoms with E-state index in [1.54, 1.807) is 0 Å². The van der Waals surface area contributed by atoms with Crippen LogP contribution in [0.25, 0.3) is 0 Å². The first-order valence-electron chi connectivity index (χ1n) is 6.04. The maximum atomic E-state index is 11.4. The molecule has 0 aromatic carbocycles. The Morgan fingerprint density at radius 3 is 2.30 bits per heavy atom. The molecule has 0 unspecified atom stereocenters. The Labute approximate surface area is 123 Å². The highest BCUT2D eigenvalue weighted by Crippen LogP contribution is 2.34. The molecule has 1 fully saturated rings. The van der Waals surface area contributed by atoms with Crippen molar-refractivity contribution in [2.75, 3.05) is 0 Å². The van der Waals surface area contributed by atoms with Crippen molar-refractivity contribution in [3.63, 3.8) is 0 Å². The van der Waals surface area contributed by atoms with Gasteiger partial charge in [-0.25, -0.2) is 13.9 Å². The number of carboxylic acid groups (broad SMARTS) is 1. The number of aromatic carboxylic acids is 1. The quantitative estimate of drug-likeness (QED) is 0.752. The number of aromatic nitrogens is 1. The van der Waals surface area contributed by atoms with E-state index in [0.29, 0.717) is 9.54 Å². The van der Waals surface area contributed by atoms with Gasteiger partial charge in [0.15, 0.2) is 0 Å². The van der Waals surface area contributed by atoms with E-state index in [2.05, 4.69) is 0 Å². The normalized spacial score (nSPS) is 23.1. The van der Waals surface area contributed by atoms with E-state index in [-0.39, 0.29) is 30.1 Å². The summed E-state index contributed by atoms with van der Waals surface area (Å²) in [6.07, 6.45) is 4.34. The van der Waals surface area contributed by atoms with Crippen LogP contribution in [0.5, 0.6) is 0 Å². The third-order valence-electron chi connectivity index (χ3n) is 3.57. The molecule has 0 saturated heterocycles. The summed E-state index contributed by atoms with van der Waals surface area (Å²) in [5, 5.41) is 14.2. The predicted molar refractivity (Wildman–Crippen MR) is 76.3 cm³/mol. The number of hydrogen-bond donors (Lipinski definition) is 3.